The zero-order valence-electron chi connectivity index (χ0n) is 9.52. The second-order valence-electron chi connectivity index (χ2n) is 4.26. The number of carboxylic acids is 1. The quantitative estimate of drug-likeness (QED) is 0.721. The first kappa shape index (κ1) is 13.1. The van der Waals surface area contributed by atoms with E-state index in [2.05, 4.69) is 33.2 Å². The molecule has 0 spiro atoms. The van der Waals surface area contributed by atoms with Crippen LogP contribution in [0.2, 0.25) is 0 Å². The molecule has 1 aromatic carbocycles. The first-order chi connectivity index (χ1) is 8.56. The number of rotatable bonds is 4. The molecule has 1 aliphatic carbocycles. The van der Waals surface area contributed by atoms with E-state index < -0.39 is 18.0 Å². The third-order valence-electron chi connectivity index (χ3n) is 2.73. The lowest BCUT2D eigenvalue weighted by Crippen LogP contribution is -2.44. The largest absolute Gasteiger partial charge is 0.480 e. The molecule has 2 rings (SSSR count). The lowest BCUT2D eigenvalue weighted by molar-refractivity contribution is -0.139. The Labute approximate surface area is 118 Å². The molecule has 1 aromatic rings. The molecule has 3 N–H and O–H groups in total. The third kappa shape index (κ3) is 3.59. The van der Waals surface area contributed by atoms with Crippen LogP contribution < -0.4 is 10.6 Å². The van der Waals surface area contributed by atoms with E-state index in [1.165, 1.54) is 0 Å². The maximum Gasteiger partial charge on any atom is 0.326 e. The van der Waals surface area contributed by atoms with Crippen LogP contribution in [0.3, 0.4) is 0 Å². The molecule has 0 bridgehead atoms. The number of carbonyl (C=O) groups excluding carboxylic acids is 1. The number of hydrogen-bond donors (Lipinski definition) is 3. The molecule has 1 unspecified atom stereocenters. The van der Waals surface area contributed by atoms with Crippen LogP contribution in [-0.4, -0.2) is 23.1 Å². The average Bonchev–Trinajstić information content (AvgIpc) is 3.09. The van der Waals surface area contributed by atoms with Crippen molar-refractivity contribution < 1.29 is 14.7 Å². The summed E-state index contributed by atoms with van der Waals surface area (Å²) >= 11 is 2.14. The number of carbonyl (C=O) groups is 2. The number of anilines is 1. The highest BCUT2D eigenvalue weighted by atomic mass is 127. The summed E-state index contributed by atoms with van der Waals surface area (Å²) < 4.78 is 1.00. The Kier molecular flexibility index (Phi) is 4.05. The molecule has 1 saturated carbocycles. The minimum Gasteiger partial charge on any atom is -0.480 e. The van der Waals surface area contributed by atoms with Crippen molar-refractivity contribution in [3.8, 4) is 0 Å². The molecular weight excluding hydrogens is 347 g/mol. The van der Waals surface area contributed by atoms with Crippen molar-refractivity contribution >= 4 is 40.3 Å². The fourth-order valence-corrected chi connectivity index (χ4v) is 2.23. The summed E-state index contributed by atoms with van der Waals surface area (Å²) in [6, 6.07) is 6.05. The van der Waals surface area contributed by atoms with Gasteiger partial charge in [-0.05, 0) is 59.5 Å². The minimum absolute atomic E-state index is 0.0733. The number of amides is 2. The van der Waals surface area contributed by atoms with Gasteiger partial charge in [0.05, 0.1) is 0 Å². The van der Waals surface area contributed by atoms with Crippen LogP contribution in [-0.2, 0) is 4.79 Å². The Balaban J connectivity index is 1.93. The Morgan fingerprint density at radius 3 is 2.67 bits per heavy atom. The molecule has 18 heavy (non-hydrogen) atoms. The fourth-order valence-electron chi connectivity index (χ4n) is 1.69. The molecule has 6 heteroatoms. The molecular formula is C12H13IN2O3. The summed E-state index contributed by atoms with van der Waals surface area (Å²) in [5, 5.41) is 14.1. The number of nitrogens with one attached hydrogen (secondary N) is 2. The van der Waals surface area contributed by atoms with Crippen molar-refractivity contribution in [1.29, 1.82) is 0 Å². The molecule has 0 aromatic heterocycles. The zero-order chi connectivity index (χ0) is 13.1. The maximum absolute atomic E-state index is 11.7. The Morgan fingerprint density at radius 2 is 2.11 bits per heavy atom. The van der Waals surface area contributed by atoms with Gasteiger partial charge in [-0.15, -0.1) is 0 Å². The second-order valence-corrected chi connectivity index (χ2v) is 5.51. The molecule has 1 atom stereocenters. The van der Waals surface area contributed by atoms with Gasteiger partial charge in [-0.3, -0.25) is 0 Å². The van der Waals surface area contributed by atoms with Crippen LogP contribution in [0.25, 0.3) is 0 Å². The first-order valence-corrected chi connectivity index (χ1v) is 6.70. The van der Waals surface area contributed by atoms with E-state index in [9.17, 15) is 9.59 Å². The van der Waals surface area contributed by atoms with E-state index in [1.54, 1.807) is 6.07 Å². The highest BCUT2D eigenvalue weighted by Gasteiger charge is 2.37. The van der Waals surface area contributed by atoms with Gasteiger partial charge in [0.25, 0.3) is 0 Å². The lowest BCUT2D eigenvalue weighted by Gasteiger charge is -2.14. The summed E-state index contributed by atoms with van der Waals surface area (Å²) in [7, 11) is 0. The summed E-state index contributed by atoms with van der Waals surface area (Å²) in [5.74, 6) is -0.903. The van der Waals surface area contributed by atoms with Gasteiger partial charge in [-0.1, -0.05) is 6.07 Å². The van der Waals surface area contributed by atoms with Crippen molar-refractivity contribution in [3.05, 3.63) is 27.8 Å². The average molecular weight is 360 g/mol. The highest BCUT2D eigenvalue weighted by Crippen LogP contribution is 2.32. The summed E-state index contributed by atoms with van der Waals surface area (Å²) in [4.78, 5) is 22.7. The van der Waals surface area contributed by atoms with E-state index in [-0.39, 0.29) is 5.92 Å². The van der Waals surface area contributed by atoms with Gasteiger partial charge in [0, 0.05) is 9.26 Å². The molecule has 96 valence electrons. The van der Waals surface area contributed by atoms with Gasteiger partial charge in [-0.2, -0.15) is 0 Å². The van der Waals surface area contributed by atoms with E-state index in [0.717, 1.165) is 16.4 Å². The van der Waals surface area contributed by atoms with Crippen molar-refractivity contribution in [2.24, 2.45) is 5.92 Å². The number of carboxylic acid groups (broad SMARTS) is 1. The molecule has 0 saturated heterocycles. The smallest absolute Gasteiger partial charge is 0.326 e. The highest BCUT2D eigenvalue weighted by molar-refractivity contribution is 14.1. The SMILES string of the molecule is O=C(Nc1cccc(I)c1)NC(C(=O)O)C1CC1. The number of halogens is 1. The molecule has 0 radical (unpaired) electrons. The van der Waals surface area contributed by atoms with Crippen LogP contribution in [0, 0.1) is 9.49 Å². The predicted molar refractivity (Wildman–Crippen MR) is 75.5 cm³/mol. The summed E-state index contributed by atoms with van der Waals surface area (Å²) in [5.41, 5.74) is 0.652. The van der Waals surface area contributed by atoms with Crippen LogP contribution >= 0.6 is 22.6 Å². The van der Waals surface area contributed by atoms with Crippen LogP contribution in [0.1, 0.15) is 12.8 Å². The van der Waals surface area contributed by atoms with Gasteiger partial charge in [0.1, 0.15) is 6.04 Å². The van der Waals surface area contributed by atoms with E-state index in [1.807, 2.05) is 18.2 Å². The van der Waals surface area contributed by atoms with E-state index in [4.69, 9.17) is 5.11 Å². The molecule has 1 fully saturated rings. The minimum atomic E-state index is -0.977. The number of hydrogen-bond acceptors (Lipinski definition) is 2. The van der Waals surface area contributed by atoms with Gasteiger partial charge in [0.15, 0.2) is 0 Å². The number of aliphatic carboxylic acids is 1. The molecule has 0 heterocycles. The van der Waals surface area contributed by atoms with Crippen molar-refractivity contribution in [3.63, 3.8) is 0 Å². The first-order valence-electron chi connectivity index (χ1n) is 5.62. The Hall–Kier alpha value is -1.31. The van der Waals surface area contributed by atoms with Crippen LogP contribution in [0.15, 0.2) is 24.3 Å². The van der Waals surface area contributed by atoms with E-state index in [0.29, 0.717) is 5.69 Å². The lowest BCUT2D eigenvalue weighted by atomic mass is 10.2. The molecule has 0 aliphatic heterocycles. The monoisotopic (exact) mass is 360 g/mol. The standard InChI is InChI=1S/C12H13IN2O3/c13-8-2-1-3-9(6-8)14-12(18)15-10(11(16)17)7-4-5-7/h1-3,6-7,10H,4-5H2,(H,16,17)(H2,14,15,18). The van der Waals surface area contributed by atoms with Gasteiger partial charge < -0.3 is 15.7 Å². The topological polar surface area (TPSA) is 78.4 Å². The maximum atomic E-state index is 11.7. The van der Waals surface area contributed by atoms with Gasteiger partial charge in [-0.25, -0.2) is 9.59 Å². The molecule has 2 amide bonds. The second kappa shape index (κ2) is 5.55. The predicted octanol–water partition coefficient (Wildman–Crippen LogP) is 2.28. The summed E-state index contributed by atoms with van der Waals surface area (Å²) in [6.07, 6.45) is 1.72. The van der Waals surface area contributed by atoms with Crippen molar-refractivity contribution in [1.82, 2.24) is 5.32 Å². The Morgan fingerprint density at radius 1 is 1.39 bits per heavy atom. The van der Waals surface area contributed by atoms with Gasteiger partial charge in [0.2, 0.25) is 0 Å². The van der Waals surface area contributed by atoms with Crippen molar-refractivity contribution in [2.45, 2.75) is 18.9 Å². The van der Waals surface area contributed by atoms with Gasteiger partial charge >= 0.3 is 12.0 Å². The van der Waals surface area contributed by atoms with E-state index >= 15 is 0 Å². The number of benzene rings is 1. The zero-order valence-corrected chi connectivity index (χ0v) is 11.7. The van der Waals surface area contributed by atoms with Crippen molar-refractivity contribution in [2.75, 3.05) is 5.32 Å². The molecule has 1 aliphatic rings. The molecule has 5 nitrogen and oxygen atoms in total. The Bertz CT molecular complexity index is 474. The third-order valence-corrected chi connectivity index (χ3v) is 3.40. The summed E-state index contributed by atoms with van der Waals surface area (Å²) in [6.45, 7) is 0. The normalized spacial score (nSPS) is 15.8. The fraction of sp³-hybridized carbons (Fsp3) is 0.333. The number of urea groups is 1. The van der Waals surface area contributed by atoms with Crippen LogP contribution in [0.5, 0.6) is 0 Å². The van der Waals surface area contributed by atoms with Crippen LogP contribution in [0.4, 0.5) is 10.5 Å².